The summed E-state index contributed by atoms with van der Waals surface area (Å²) in [4.78, 5) is 4.22. The molecule has 1 N–H and O–H groups in total. The maximum absolute atomic E-state index is 9.21. The van der Waals surface area contributed by atoms with Crippen LogP contribution in [-0.4, -0.2) is 25.1 Å². The molecular weight excluding hydrogens is 204 g/mol. The highest BCUT2D eigenvalue weighted by Gasteiger charge is 2.06. The molecule has 0 bridgehead atoms. The quantitative estimate of drug-likeness (QED) is 0.664. The highest BCUT2D eigenvalue weighted by atomic mass is 16.3. The number of pyridine rings is 1. The number of fused-ring (bicyclic) bond motifs is 1. The van der Waals surface area contributed by atoms with Crippen LogP contribution in [0.15, 0.2) is 42.6 Å². The summed E-state index contributed by atoms with van der Waals surface area (Å²) in [6, 6.07) is 10.4. The highest BCUT2D eigenvalue weighted by molar-refractivity contribution is 5.71. The molecule has 0 aliphatic rings. The van der Waals surface area contributed by atoms with Gasteiger partial charge in [0.2, 0.25) is 0 Å². The Morgan fingerprint density at radius 1 is 1.06 bits per heavy atom. The summed E-state index contributed by atoms with van der Waals surface area (Å²) in [5.41, 5.74) is 2.27. The van der Waals surface area contributed by atoms with Crippen molar-refractivity contribution in [1.82, 2.24) is 20.0 Å². The number of hydrogen-bond acceptors (Lipinski definition) is 4. The van der Waals surface area contributed by atoms with Crippen LogP contribution < -0.4 is 0 Å². The summed E-state index contributed by atoms with van der Waals surface area (Å²) in [6.07, 6.45) is 1.70. The van der Waals surface area contributed by atoms with Crippen LogP contribution in [0, 0.1) is 0 Å². The molecule has 5 nitrogen and oxygen atoms in total. The number of aromatic hydroxyl groups is 1. The first kappa shape index (κ1) is 8.84. The lowest BCUT2D eigenvalue weighted by atomic mass is 10.3. The minimum atomic E-state index is 0.223. The first-order chi connectivity index (χ1) is 7.84. The Hall–Kier alpha value is -2.43. The van der Waals surface area contributed by atoms with E-state index in [2.05, 4.69) is 15.3 Å². The summed E-state index contributed by atoms with van der Waals surface area (Å²) in [5.74, 6) is 0.223. The smallest absolute Gasteiger partial charge is 0.183 e. The van der Waals surface area contributed by atoms with Gasteiger partial charge in [-0.15, -0.1) is 5.10 Å². The molecule has 0 unspecified atom stereocenters. The van der Waals surface area contributed by atoms with Gasteiger partial charge in [-0.1, -0.05) is 5.21 Å². The number of nitrogens with zero attached hydrogens (tertiary/aromatic N) is 4. The van der Waals surface area contributed by atoms with Crippen LogP contribution >= 0.6 is 0 Å². The molecule has 0 saturated carbocycles. The van der Waals surface area contributed by atoms with Gasteiger partial charge in [0.05, 0.1) is 5.69 Å². The number of hydrogen-bond donors (Lipinski definition) is 1. The predicted molar refractivity (Wildman–Crippen MR) is 58.3 cm³/mol. The van der Waals surface area contributed by atoms with Crippen LogP contribution in [-0.2, 0) is 0 Å². The van der Waals surface area contributed by atoms with Gasteiger partial charge in [0.15, 0.2) is 5.65 Å². The molecule has 0 saturated heterocycles. The summed E-state index contributed by atoms with van der Waals surface area (Å²) in [7, 11) is 0. The molecule has 0 fully saturated rings. The third-order valence-corrected chi connectivity index (χ3v) is 2.30. The van der Waals surface area contributed by atoms with Crippen molar-refractivity contribution in [3.8, 4) is 11.4 Å². The number of phenolic OH excluding ortho intramolecular Hbond substituents is 1. The number of benzene rings is 1. The van der Waals surface area contributed by atoms with Gasteiger partial charge in [0.1, 0.15) is 11.3 Å². The summed E-state index contributed by atoms with van der Waals surface area (Å²) in [5, 5.41) is 17.2. The lowest BCUT2D eigenvalue weighted by molar-refractivity contribution is 0.475. The van der Waals surface area contributed by atoms with Crippen molar-refractivity contribution in [2.75, 3.05) is 0 Å². The monoisotopic (exact) mass is 212 g/mol. The second-order valence-electron chi connectivity index (χ2n) is 3.36. The van der Waals surface area contributed by atoms with Crippen LogP contribution in [0.5, 0.6) is 5.75 Å². The molecule has 1 aromatic carbocycles. The van der Waals surface area contributed by atoms with E-state index in [1.807, 2.05) is 12.1 Å². The molecule has 3 rings (SSSR count). The van der Waals surface area contributed by atoms with Gasteiger partial charge < -0.3 is 5.11 Å². The van der Waals surface area contributed by atoms with Crippen molar-refractivity contribution >= 4 is 11.2 Å². The zero-order chi connectivity index (χ0) is 11.0. The largest absolute Gasteiger partial charge is 0.508 e. The van der Waals surface area contributed by atoms with E-state index in [4.69, 9.17) is 0 Å². The van der Waals surface area contributed by atoms with E-state index in [1.165, 1.54) is 0 Å². The van der Waals surface area contributed by atoms with E-state index >= 15 is 0 Å². The van der Waals surface area contributed by atoms with Gasteiger partial charge in [-0.25, -0.2) is 4.98 Å². The maximum atomic E-state index is 9.21. The Balaban J connectivity index is 2.22. The lowest BCUT2D eigenvalue weighted by Gasteiger charge is -2.00. The van der Waals surface area contributed by atoms with E-state index in [9.17, 15) is 5.11 Å². The molecule has 78 valence electrons. The Morgan fingerprint density at radius 3 is 2.69 bits per heavy atom. The fraction of sp³-hybridized carbons (Fsp3) is 0. The third-order valence-electron chi connectivity index (χ3n) is 2.30. The first-order valence-electron chi connectivity index (χ1n) is 4.80. The van der Waals surface area contributed by atoms with Crippen LogP contribution in [0.1, 0.15) is 0 Å². The van der Waals surface area contributed by atoms with Gasteiger partial charge in [-0.05, 0) is 36.4 Å². The molecule has 0 amide bonds. The topological polar surface area (TPSA) is 63.8 Å². The summed E-state index contributed by atoms with van der Waals surface area (Å²) >= 11 is 0. The standard InChI is InChI=1S/C11H8N4O/c16-9-5-3-8(4-6-9)15-11-10(13-14-15)2-1-7-12-11/h1-7,16H. The fourth-order valence-electron chi connectivity index (χ4n) is 1.53. The van der Waals surface area contributed by atoms with E-state index in [-0.39, 0.29) is 5.75 Å². The lowest BCUT2D eigenvalue weighted by Crippen LogP contribution is -1.96. The molecule has 0 aliphatic heterocycles. The van der Waals surface area contributed by atoms with Crippen molar-refractivity contribution in [2.24, 2.45) is 0 Å². The predicted octanol–water partition coefficient (Wildman–Crippen LogP) is 1.52. The molecule has 3 aromatic rings. The Labute approximate surface area is 91.0 Å². The molecule has 2 heterocycles. The zero-order valence-electron chi connectivity index (χ0n) is 8.28. The fourth-order valence-corrected chi connectivity index (χ4v) is 1.53. The van der Waals surface area contributed by atoms with Gasteiger partial charge in [0, 0.05) is 6.20 Å². The zero-order valence-corrected chi connectivity index (χ0v) is 8.28. The normalized spacial score (nSPS) is 10.8. The van der Waals surface area contributed by atoms with Crippen molar-refractivity contribution < 1.29 is 5.11 Å². The molecule has 2 aromatic heterocycles. The van der Waals surface area contributed by atoms with E-state index in [0.717, 1.165) is 11.2 Å². The molecule has 16 heavy (non-hydrogen) atoms. The van der Waals surface area contributed by atoms with Crippen LogP contribution in [0.2, 0.25) is 0 Å². The van der Waals surface area contributed by atoms with Crippen LogP contribution in [0.3, 0.4) is 0 Å². The average molecular weight is 212 g/mol. The molecule has 5 heteroatoms. The second kappa shape index (κ2) is 3.30. The molecule has 0 aliphatic carbocycles. The Bertz CT molecular complexity index is 630. The van der Waals surface area contributed by atoms with Gasteiger partial charge in [-0.2, -0.15) is 4.68 Å². The second-order valence-corrected chi connectivity index (χ2v) is 3.36. The molecule has 0 spiro atoms. The van der Waals surface area contributed by atoms with Gasteiger partial charge in [-0.3, -0.25) is 0 Å². The van der Waals surface area contributed by atoms with Crippen LogP contribution in [0.25, 0.3) is 16.9 Å². The minimum Gasteiger partial charge on any atom is -0.508 e. The number of phenols is 1. The highest BCUT2D eigenvalue weighted by Crippen LogP contribution is 2.16. The van der Waals surface area contributed by atoms with Crippen molar-refractivity contribution in [1.29, 1.82) is 0 Å². The molecular formula is C11H8N4O. The summed E-state index contributed by atoms with van der Waals surface area (Å²) in [6.45, 7) is 0. The maximum Gasteiger partial charge on any atom is 0.183 e. The van der Waals surface area contributed by atoms with Crippen molar-refractivity contribution in [2.45, 2.75) is 0 Å². The summed E-state index contributed by atoms with van der Waals surface area (Å²) < 4.78 is 1.63. The Kier molecular flexibility index (Phi) is 1.83. The van der Waals surface area contributed by atoms with Gasteiger partial charge >= 0.3 is 0 Å². The average Bonchev–Trinajstić information content (AvgIpc) is 2.74. The first-order valence-corrected chi connectivity index (χ1v) is 4.80. The van der Waals surface area contributed by atoms with Crippen molar-refractivity contribution in [3.05, 3.63) is 42.6 Å². The molecule has 0 atom stereocenters. The SMILES string of the molecule is Oc1ccc(-n2nnc3cccnc32)cc1. The Morgan fingerprint density at radius 2 is 1.88 bits per heavy atom. The number of aromatic nitrogens is 4. The van der Waals surface area contributed by atoms with Crippen LogP contribution in [0.4, 0.5) is 0 Å². The van der Waals surface area contributed by atoms with E-state index in [0.29, 0.717) is 5.65 Å². The van der Waals surface area contributed by atoms with E-state index < -0.39 is 0 Å². The van der Waals surface area contributed by atoms with E-state index in [1.54, 1.807) is 35.1 Å². The van der Waals surface area contributed by atoms with Gasteiger partial charge in [0.25, 0.3) is 0 Å². The minimum absolute atomic E-state index is 0.223. The van der Waals surface area contributed by atoms with Crippen molar-refractivity contribution in [3.63, 3.8) is 0 Å². The molecule has 0 radical (unpaired) electrons. The third kappa shape index (κ3) is 1.30. The number of rotatable bonds is 1.